The molecule has 2 N–H and O–H groups in total. The Morgan fingerprint density at radius 1 is 1.17 bits per heavy atom. The Morgan fingerprint density at radius 3 is 2.56 bits per heavy atom. The minimum absolute atomic E-state index is 0.297. The Hall–Kier alpha value is -1.72. The van der Waals surface area contributed by atoms with Crippen LogP contribution in [0.4, 0.5) is 15.8 Å². The van der Waals surface area contributed by atoms with Crippen LogP contribution >= 0.6 is 23.8 Å². The first kappa shape index (κ1) is 12.7. The fourth-order valence-corrected chi connectivity index (χ4v) is 1.69. The van der Waals surface area contributed by atoms with E-state index in [1.165, 1.54) is 12.1 Å². The topological polar surface area (TPSA) is 37.0 Å². The number of thiocarbonyl (C=S) groups is 1. The van der Waals surface area contributed by atoms with E-state index in [-0.39, 0.29) is 5.82 Å². The maximum Gasteiger partial charge on any atom is 0.175 e. The maximum atomic E-state index is 12.7. The lowest BCUT2D eigenvalue weighted by Gasteiger charge is -2.10. The Kier molecular flexibility index (Phi) is 4.07. The molecule has 0 aliphatic heterocycles. The van der Waals surface area contributed by atoms with Gasteiger partial charge in [0, 0.05) is 11.9 Å². The first-order valence-corrected chi connectivity index (χ1v) is 5.88. The van der Waals surface area contributed by atoms with Gasteiger partial charge in [0.25, 0.3) is 0 Å². The van der Waals surface area contributed by atoms with Crippen LogP contribution in [0.15, 0.2) is 42.6 Å². The van der Waals surface area contributed by atoms with Crippen LogP contribution in [0.3, 0.4) is 0 Å². The number of anilines is 2. The summed E-state index contributed by atoms with van der Waals surface area (Å²) < 4.78 is 12.7. The molecule has 6 heteroatoms. The number of hydrogen-bond acceptors (Lipinski definition) is 2. The molecule has 2 rings (SSSR count). The highest BCUT2D eigenvalue weighted by Gasteiger charge is 2.03. The number of pyridine rings is 1. The van der Waals surface area contributed by atoms with E-state index in [1.54, 1.807) is 30.5 Å². The molecule has 0 saturated heterocycles. The number of nitrogens with zero attached hydrogens (tertiary/aromatic N) is 1. The van der Waals surface area contributed by atoms with Crippen LogP contribution in [0.5, 0.6) is 0 Å². The van der Waals surface area contributed by atoms with E-state index in [0.717, 1.165) is 0 Å². The summed E-state index contributed by atoms with van der Waals surface area (Å²) in [7, 11) is 0. The SMILES string of the molecule is Fc1ccc(NC(=S)Nc2cccnc2Cl)cc1. The second-order valence-electron chi connectivity index (χ2n) is 3.43. The number of benzene rings is 1. The predicted molar refractivity (Wildman–Crippen MR) is 75.5 cm³/mol. The van der Waals surface area contributed by atoms with Crippen molar-refractivity contribution in [2.45, 2.75) is 0 Å². The quantitative estimate of drug-likeness (QED) is 0.650. The number of hydrogen-bond donors (Lipinski definition) is 2. The summed E-state index contributed by atoms with van der Waals surface area (Å²) in [5.41, 5.74) is 1.30. The summed E-state index contributed by atoms with van der Waals surface area (Å²) >= 11 is 11.0. The van der Waals surface area contributed by atoms with Gasteiger partial charge in [0.15, 0.2) is 10.3 Å². The molecule has 3 nitrogen and oxygen atoms in total. The number of halogens is 2. The van der Waals surface area contributed by atoms with Crippen molar-refractivity contribution in [1.82, 2.24) is 4.98 Å². The van der Waals surface area contributed by atoms with Crippen molar-refractivity contribution < 1.29 is 4.39 Å². The third-order valence-corrected chi connectivity index (χ3v) is 2.61. The standard InChI is InChI=1S/C12H9ClFN3S/c13-11-10(2-1-7-15-11)17-12(18)16-9-5-3-8(14)4-6-9/h1-7H,(H2,16,17,18). The summed E-state index contributed by atoms with van der Waals surface area (Å²) in [5.74, 6) is -0.297. The average Bonchev–Trinajstić information content (AvgIpc) is 2.35. The fraction of sp³-hybridized carbons (Fsp3) is 0. The molecule has 92 valence electrons. The molecule has 1 aromatic carbocycles. The summed E-state index contributed by atoms with van der Waals surface area (Å²) in [6.45, 7) is 0. The van der Waals surface area contributed by atoms with Crippen LogP contribution in [-0.2, 0) is 0 Å². The highest BCUT2D eigenvalue weighted by atomic mass is 35.5. The second kappa shape index (κ2) is 5.75. The highest BCUT2D eigenvalue weighted by Crippen LogP contribution is 2.18. The molecule has 0 aliphatic rings. The van der Waals surface area contributed by atoms with Crippen molar-refractivity contribution in [1.29, 1.82) is 0 Å². The Balaban J connectivity index is 2.01. The van der Waals surface area contributed by atoms with Crippen LogP contribution < -0.4 is 10.6 Å². The van der Waals surface area contributed by atoms with Crippen LogP contribution in [0.2, 0.25) is 5.15 Å². The van der Waals surface area contributed by atoms with E-state index in [9.17, 15) is 4.39 Å². The molecule has 0 atom stereocenters. The van der Waals surface area contributed by atoms with Crippen LogP contribution in [0, 0.1) is 5.82 Å². The van der Waals surface area contributed by atoms with Crippen molar-refractivity contribution in [3.8, 4) is 0 Å². The molecule has 0 saturated carbocycles. The molecule has 0 radical (unpaired) electrons. The molecule has 2 aromatic rings. The molecular weight excluding hydrogens is 273 g/mol. The zero-order chi connectivity index (χ0) is 13.0. The van der Waals surface area contributed by atoms with Gasteiger partial charge in [-0.2, -0.15) is 0 Å². The normalized spacial score (nSPS) is 9.89. The van der Waals surface area contributed by atoms with Gasteiger partial charge in [-0.25, -0.2) is 9.37 Å². The van der Waals surface area contributed by atoms with Crippen molar-refractivity contribution in [2.24, 2.45) is 0 Å². The molecule has 0 unspecified atom stereocenters. The largest absolute Gasteiger partial charge is 0.332 e. The predicted octanol–water partition coefficient (Wildman–Crippen LogP) is 3.68. The highest BCUT2D eigenvalue weighted by molar-refractivity contribution is 7.80. The zero-order valence-electron chi connectivity index (χ0n) is 9.15. The molecule has 0 aliphatic carbocycles. The molecule has 1 aromatic heterocycles. The summed E-state index contributed by atoms with van der Waals surface area (Å²) in [5, 5.41) is 6.51. The van der Waals surface area contributed by atoms with Crippen LogP contribution in [-0.4, -0.2) is 10.1 Å². The van der Waals surface area contributed by atoms with Crippen molar-refractivity contribution in [3.63, 3.8) is 0 Å². The maximum absolute atomic E-state index is 12.7. The van der Waals surface area contributed by atoms with Gasteiger partial charge in [-0.1, -0.05) is 11.6 Å². The smallest absolute Gasteiger partial charge is 0.175 e. The van der Waals surface area contributed by atoms with Gasteiger partial charge in [-0.05, 0) is 48.6 Å². The second-order valence-corrected chi connectivity index (χ2v) is 4.19. The van der Waals surface area contributed by atoms with Crippen molar-refractivity contribution >= 4 is 40.3 Å². The van der Waals surface area contributed by atoms with E-state index >= 15 is 0 Å². The first-order valence-electron chi connectivity index (χ1n) is 5.09. The molecule has 0 amide bonds. The lowest BCUT2D eigenvalue weighted by Crippen LogP contribution is -2.19. The molecule has 0 bridgehead atoms. The molecule has 0 fully saturated rings. The number of aromatic nitrogens is 1. The third kappa shape index (κ3) is 3.38. The van der Waals surface area contributed by atoms with Crippen molar-refractivity contribution in [2.75, 3.05) is 10.6 Å². The first-order chi connectivity index (χ1) is 8.65. The van der Waals surface area contributed by atoms with Crippen LogP contribution in [0.1, 0.15) is 0 Å². The summed E-state index contributed by atoms with van der Waals surface area (Å²) in [6, 6.07) is 9.38. The van der Waals surface area contributed by atoms with Gasteiger partial charge in [0.05, 0.1) is 5.69 Å². The Morgan fingerprint density at radius 2 is 1.89 bits per heavy atom. The third-order valence-electron chi connectivity index (χ3n) is 2.11. The van der Waals surface area contributed by atoms with E-state index in [0.29, 0.717) is 21.6 Å². The lowest BCUT2D eigenvalue weighted by molar-refractivity contribution is 0.628. The van der Waals surface area contributed by atoms with Gasteiger partial charge >= 0.3 is 0 Å². The summed E-state index contributed by atoms with van der Waals surface area (Å²) in [4.78, 5) is 3.92. The molecule has 0 spiro atoms. The van der Waals surface area contributed by atoms with E-state index < -0.39 is 0 Å². The van der Waals surface area contributed by atoms with Gasteiger partial charge in [0.1, 0.15) is 5.82 Å². The minimum Gasteiger partial charge on any atom is -0.332 e. The Labute approximate surface area is 114 Å². The van der Waals surface area contributed by atoms with Gasteiger partial charge in [-0.15, -0.1) is 0 Å². The molecular formula is C12H9ClFN3S. The van der Waals surface area contributed by atoms with Gasteiger partial charge in [-0.3, -0.25) is 0 Å². The molecule has 18 heavy (non-hydrogen) atoms. The zero-order valence-corrected chi connectivity index (χ0v) is 10.7. The number of rotatable bonds is 2. The molecule has 1 heterocycles. The van der Waals surface area contributed by atoms with E-state index in [4.69, 9.17) is 23.8 Å². The van der Waals surface area contributed by atoms with E-state index in [2.05, 4.69) is 15.6 Å². The average molecular weight is 282 g/mol. The van der Waals surface area contributed by atoms with Crippen molar-refractivity contribution in [3.05, 3.63) is 53.6 Å². The fourth-order valence-electron chi connectivity index (χ4n) is 1.30. The number of nitrogens with one attached hydrogen (secondary N) is 2. The van der Waals surface area contributed by atoms with E-state index in [1.807, 2.05) is 0 Å². The Bertz CT molecular complexity index is 560. The van der Waals surface area contributed by atoms with Gasteiger partial charge in [0.2, 0.25) is 0 Å². The minimum atomic E-state index is -0.297. The van der Waals surface area contributed by atoms with Gasteiger partial charge < -0.3 is 10.6 Å². The monoisotopic (exact) mass is 281 g/mol. The lowest BCUT2D eigenvalue weighted by atomic mass is 10.3. The summed E-state index contributed by atoms with van der Waals surface area (Å²) in [6.07, 6.45) is 1.59. The van der Waals surface area contributed by atoms with Crippen LogP contribution in [0.25, 0.3) is 0 Å².